The number of benzene rings is 1. The van der Waals surface area contributed by atoms with Crippen LogP contribution in [-0.4, -0.2) is 9.55 Å². The highest BCUT2D eigenvalue weighted by atomic mass is 15.2. The molecule has 2 aromatic heterocycles. The molecular weight excluding hydrogens is 282 g/mol. The van der Waals surface area contributed by atoms with Crippen LogP contribution in [0, 0.1) is 20.8 Å². The van der Waals surface area contributed by atoms with Gasteiger partial charge in [0.2, 0.25) is 5.69 Å². The van der Waals surface area contributed by atoms with E-state index in [1.54, 1.807) is 0 Å². The van der Waals surface area contributed by atoms with E-state index >= 15 is 0 Å². The molecule has 0 fully saturated rings. The molecule has 23 heavy (non-hydrogen) atoms. The summed E-state index contributed by atoms with van der Waals surface area (Å²) >= 11 is 0. The van der Waals surface area contributed by atoms with E-state index in [0.29, 0.717) is 0 Å². The lowest BCUT2D eigenvalue weighted by atomic mass is 10.0. The van der Waals surface area contributed by atoms with Crippen molar-refractivity contribution in [2.24, 2.45) is 7.05 Å². The van der Waals surface area contributed by atoms with E-state index in [4.69, 9.17) is 4.98 Å². The molecular formula is C20H20N3+. The van der Waals surface area contributed by atoms with Crippen LogP contribution in [-0.2, 0) is 19.9 Å². The van der Waals surface area contributed by atoms with Gasteiger partial charge in [0, 0.05) is 31.4 Å². The number of rotatable bonds is 0. The van der Waals surface area contributed by atoms with Gasteiger partial charge in [-0.25, -0.2) is 4.98 Å². The summed E-state index contributed by atoms with van der Waals surface area (Å²) in [6.45, 7) is 6.60. The summed E-state index contributed by atoms with van der Waals surface area (Å²) in [6.07, 6.45) is 1.91. The van der Waals surface area contributed by atoms with Crippen LogP contribution in [0.15, 0.2) is 24.3 Å². The summed E-state index contributed by atoms with van der Waals surface area (Å²) in [5, 5.41) is 0. The fourth-order valence-electron chi connectivity index (χ4n) is 4.16. The number of hydrogen-bond donors (Lipinski definition) is 0. The Bertz CT molecular complexity index is 928. The van der Waals surface area contributed by atoms with Crippen molar-refractivity contribution in [2.45, 2.75) is 33.6 Å². The fourth-order valence-corrected chi connectivity index (χ4v) is 4.16. The van der Waals surface area contributed by atoms with E-state index in [0.717, 1.165) is 12.8 Å². The Morgan fingerprint density at radius 2 is 1.78 bits per heavy atom. The number of aryl methyl sites for hydroxylation is 2. The zero-order valence-corrected chi connectivity index (χ0v) is 14.1. The molecule has 5 rings (SSSR count). The number of imidazole rings is 1. The minimum Gasteiger partial charge on any atom is -0.290 e. The third-order valence-corrected chi connectivity index (χ3v) is 5.65. The highest BCUT2D eigenvalue weighted by Crippen LogP contribution is 2.42. The molecule has 0 saturated carbocycles. The van der Waals surface area contributed by atoms with Gasteiger partial charge in [0.05, 0.1) is 11.4 Å². The molecule has 3 heteroatoms. The Balaban J connectivity index is 1.88. The highest BCUT2D eigenvalue weighted by Gasteiger charge is 2.37. The van der Waals surface area contributed by atoms with Gasteiger partial charge in [-0.15, -0.1) is 0 Å². The summed E-state index contributed by atoms with van der Waals surface area (Å²) in [4.78, 5) is 4.99. The predicted octanol–water partition coefficient (Wildman–Crippen LogP) is 3.10. The number of hydrogen-bond acceptors (Lipinski definition) is 1. The lowest BCUT2D eigenvalue weighted by molar-refractivity contribution is -0.667. The second kappa shape index (κ2) is 4.10. The van der Waals surface area contributed by atoms with E-state index in [1.165, 1.54) is 56.5 Å². The summed E-state index contributed by atoms with van der Waals surface area (Å²) < 4.78 is 4.75. The number of aromatic nitrogens is 3. The monoisotopic (exact) mass is 302 g/mol. The second-order valence-electron chi connectivity index (χ2n) is 6.94. The van der Waals surface area contributed by atoms with Crippen molar-refractivity contribution >= 4 is 0 Å². The fraction of sp³-hybridized carbons (Fsp3) is 0.300. The van der Waals surface area contributed by atoms with Crippen molar-refractivity contribution in [1.29, 1.82) is 0 Å². The average Bonchev–Trinajstić information content (AvgIpc) is 3.14. The third-order valence-electron chi connectivity index (χ3n) is 5.65. The maximum absolute atomic E-state index is 4.99. The van der Waals surface area contributed by atoms with E-state index in [-0.39, 0.29) is 0 Å². The Morgan fingerprint density at radius 1 is 1.00 bits per heavy atom. The van der Waals surface area contributed by atoms with Crippen LogP contribution < -0.4 is 4.57 Å². The zero-order valence-electron chi connectivity index (χ0n) is 14.1. The van der Waals surface area contributed by atoms with Gasteiger partial charge in [0.15, 0.2) is 5.69 Å². The van der Waals surface area contributed by atoms with Gasteiger partial charge in [-0.1, -0.05) is 12.1 Å². The van der Waals surface area contributed by atoms with Crippen LogP contribution >= 0.6 is 0 Å². The molecule has 2 aliphatic rings. The van der Waals surface area contributed by atoms with E-state index in [9.17, 15) is 0 Å². The van der Waals surface area contributed by atoms with Crippen molar-refractivity contribution in [3.8, 4) is 17.1 Å². The van der Waals surface area contributed by atoms with Gasteiger partial charge in [-0.2, -0.15) is 4.57 Å². The maximum Gasteiger partial charge on any atom is 0.235 e. The van der Waals surface area contributed by atoms with Gasteiger partial charge in [-0.05, 0) is 36.6 Å². The van der Waals surface area contributed by atoms with E-state index in [1.807, 2.05) is 0 Å². The standard InChI is InChI=1S/C20H20N3/c1-11-5-7-15-10-17-21-16-9-14-8-6-12(2)22(4)19(14)20(16)23(17)18(15)13(11)3/h5-8H,9-10H2,1-4H3/q+1. The first kappa shape index (κ1) is 13.1. The molecule has 0 radical (unpaired) electrons. The van der Waals surface area contributed by atoms with Crippen LogP contribution in [0.3, 0.4) is 0 Å². The molecule has 0 amide bonds. The van der Waals surface area contributed by atoms with Crippen LogP contribution in [0.4, 0.5) is 0 Å². The molecule has 114 valence electrons. The Labute approximate surface area is 136 Å². The number of nitrogens with zero attached hydrogens (tertiary/aromatic N) is 3. The van der Waals surface area contributed by atoms with Gasteiger partial charge in [-0.3, -0.25) is 4.57 Å². The minimum absolute atomic E-state index is 0.953. The molecule has 0 spiro atoms. The minimum atomic E-state index is 0.953. The van der Waals surface area contributed by atoms with Gasteiger partial charge in [0.25, 0.3) is 0 Å². The van der Waals surface area contributed by atoms with Crippen molar-refractivity contribution in [3.63, 3.8) is 0 Å². The lowest BCUT2D eigenvalue weighted by Crippen LogP contribution is -2.35. The van der Waals surface area contributed by atoms with Gasteiger partial charge in [0.1, 0.15) is 18.6 Å². The van der Waals surface area contributed by atoms with E-state index in [2.05, 4.69) is 61.2 Å². The van der Waals surface area contributed by atoms with Crippen LogP contribution in [0.1, 0.15) is 39.5 Å². The molecule has 1 aliphatic carbocycles. The van der Waals surface area contributed by atoms with Crippen molar-refractivity contribution in [3.05, 3.63) is 63.7 Å². The Kier molecular flexibility index (Phi) is 2.33. The lowest BCUT2D eigenvalue weighted by Gasteiger charge is -2.12. The molecule has 1 aromatic carbocycles. The molecule has 0 atom stereocenters. The molecule has 0 saturated heterocycles. The van der Waals surface area contributed by atoms with Crippen LogP contribution in [0.25, 0.3) is 17.1 Å². The van der Waals surface area contributed by atoms with Crippen LogP contribution in [0.5, 0.6) is 0 Å². The third kappa shape index (κ3) is 1.50. The first-order chi connectivity index (χ1) is 11.1. The summed E-state index contributed by atoms with van der Waals surface area (Å²) in [5.74, 6) is 1.20. The summed E-state index contributed by atoms with van der Waals surface area (Å²) in [5.41, 5.74) is 12.1. The summed E-state index contributed by atoms with van der Waals surface area (Å²) in [6, 6.07) is 8.97. The molecule has 3 aromatic rings. The zero-order chi connectivity index (χ0) is 15.9. The first-order valence-electron chi connectivity index (χ1n) is 8.25. The highest BCUT2D eigenvalue weighted by molar-refractivity contribution is 5.73. The number of fused-ring (bicyclic) bond motifs is 7. The largest absolute Gasteiger partial charge is 0.290 e. The van der Waals surface area contributed by atoms with Crippen molar-refractivity contribution < 1.29 is 4.57 Å². The Morgan fingerprint density at radius 3 is 2.61 bits per heavy atom. The molecule has 0 bridgehead atoms. The first-order valence-corrected chi connectivity index (χ1v) is 8.25. The van der Waals surface area contributed by atoms with Crippen molar-refractivity contribution in [2.75, 3.05) is 0 Å². The second-order valence-corrected chi connectivity index (χ2v) is 6.94. The molecule has 0 N–H and O–H groups in total. The Hall–Kier alpha value is -2.42. The van der Waals surface area contributed by atoms with Crippen LogP contribution in [0.2, 0.25) is 0 Å². The number of pyridine rings is 1. The smallest absolute Gasteiger partial charge is 0.235 e. The quantitative estimate of drug-likeness (QED) is 0.403. The molecule has 3 heterocycles. The van der Waals surface area contributed by atoms with Crippen molar-refractivity contribution in [1.82, 2.24) is 9.55 Å². The maximum atomic E-state index is 4.99. The molecule has 1 aliphatic heterocycles. The van der Waals surface area contributed by atoms with Gasteiger partial charge < -0.3 is 0 Å². The van der Waals surface area contributed by atoms with E-state index < -0.39 is 0 Å². The predicted molar refractivity (Wildman–Crippen MR) is 90.0 cm³/mol. The SMILES string of the molecule is Cc1ccc2c(c1C)-n1c(nc3c1-c1c(ccc(C)[n+]1C)C3)C2. The topological polar surface area (TPSA) is 21.7 Å². The molecule has 3 nitrogen and oxygen atoms in total. The average molecular weight is 302 g/mol. The summed E-state index contributed by atoms with van der Waals surface area (Å²) in [7, 11) is 2.17. The molecule has 0 unspecified atom stereocenters. The van der Waals surface area contributed by atoms with Gasteiger partial charge >= 0.3 is 0 Å². The normalized spacial score (nSPS) is 13.7.